The summed E-state index contributed by atoms with van der Waals surface area (Å²) in [4.78, 5) is 24.5. The molecular formula is C13H24N2O3. The number of nitrogens with two attached hydrogens (primary N) is 1. The van der Waals surface area contributed by atoms with Gasteiger partial charge in [-0.05, 0) is 32.2 Å². The second-order valence-corrected chi connectivity index (χ2v) is 4.97. The molecule has 0 spiro atoms. The summed E-state index contributed by atoms with van der Waals surface area (Å²) in [5.41, 5.74) is 5.40. The van der Waals surface area contributed by atoms with Gasteiger partial charge in [0.15, 0.2) is 0 Å². The van der Waals surface area contributed by atoms with Gasteiger partial charge >= 0.3 is 5.97 Å². The number of aliphatic carboxylic acids is 1. The van der Waals surface area contributed by atoms with Gasteiger partial charge in [0.2, 0.25) is 5.91 Å². The molecule has 1 aliphatic heterocycles. The third-order valence-electron chi connectivity index (χ3n) is 3.47. The van der Waals surface area contributed by atoms with Gasteiger partial charge in [0.1, 0.15) is 0 Å². The average Bonchev–Trinajstić information content (AvgIpc) is 2.38. The molecular weight excluding hydrogens is 232 g/mol. The van der Waals surface area contributed by atoms with Gasteiger partial charge in [0.25, 0.3) is 0 Å². The molecule has 1 atom stereocenters. The van der Waals surface area contributed by atoms with Crippen LogP contribution in [0.5, 0.6) is 0 Å². The molecule has 0 aromatic heterocycles. The zero-order chi connectivity index (χ0) is 13.4. The Kier molecular flexibility index (Phi) is 6.72. The molecule has 0 aromatic carbocycles. The Bertz CT molecular complexity index is 281. The summed E-state index contributed by atoms with van der Waals surface area (Å²) in [7, 11) is 0. The Balaban J connectivity index is 2.22. The Hall–Kier alpha value is -1.10. The van der Waals surface area contributed by atoms with Gasteiger partial charge in [-0.3, -0.25) is 9.59 Å². The molecule has 18 heavy (non-hydrogen) atoms. The number of carboxylic acid groups (broad SMARTS) is 1. The van der Waals surface area contributed by atoms with Crippen molar-refractivity contribution in [3.63, 3.8) is 0 Å². The first kappa shape index (κ1) is 15.0. The van der Waals surface area contributed by atoms with E-state index < -0.39 is 5.97 Å². The van der Waals surface area contributed by atoms with Gasteiger partial charge in [0.05, 0.1) is 5.92 Å². The standard InChI is InChI=1S/C13H24N2O3/c14-8-4-2-1-3-7-12(16)15-9-5-6-11(10-15)13(17)18/h11H,1-10,14H2,(H,17,18). The number of carbonyl (C=O) groups excluding carboxylic acids is 1. The summed E-state index contributed by atoms with van der Waals surface area (Å²) in [6.45, 7) is 1.81. The van der Waals surface area contributed by atoms with Crippen molar-refractivity contribution in [3.8, 4) is 0 Å². The highest BCUT2D eigenvalue weighted by atomic mass is 16.4. The van der Waals surface area contributed by atoms with Crippen molar-refractivity contribution in [1.82, 2.24) is 4.90 Å². The molecule has 0 aromatic rings. The minimum atomic E-state index is -0.782. The smallest absolute Gasteiger partial charge is 0.308 e. The van der Waals surface area contributed by atoms with Gasteiger partial charge in [-0.25, -0.2) is 0 Å². The van der Waals surface area contributed by atoms with Crippen LogP contribution in [0.4, 0.5) is 0 Å². The number of unbranched alkanes of at least 4 members (excludes halogenated alkanes) is 3. The highest BCUT2D eigenvalue weighted by Gasteiger charge is 2.27. The number of rotatable bonds is 7. The third-order valence-corrected chi connectivity index (χ3v) is 3.47. The van der Waals surface area contributed by atoms with E-state index in [4.69, 9.17) is 10.8 Å². The lowest BCUT2D eigenvalue weighted by molar-refractivity contribution is -0.145. The molecule has 1 fully saturated rings. The molecule has 1 amide bonds. The van der Waals surface area contributed by atoms with Crippen molar-refractivity contribution in [3.05, 3.63) is 0 Å². The van der Waals surface area contributed by atoms with E-state index in [0.29, 0.717) is 32.5 Å². The average molecular weight is 256 g/mol. The molecule has 1 aliphatic rings. The topological polar surface area (TPSA) is 83.6 Å². The Morgan fingerprint density at radius 3 is 2.61 bits per heavy atom. The predicted octanol–water partition coefficient (Wildman–Crippen LogP) is 1.22. The van der Waals surface area contributed by atoms with Crippen molar-refractivity contribution >= 4 is 11.9 Å². The number of hydrogen-bond donors (Lipinski definition) is 2. The van der Waals surface area contributed by atoms with Crippen LogP contribution in [0.1, 0.15) is 44.9 Å². The largest absolute Gasteiger partial charge is 0.481 e. The minimum Gasteiger partial charge on any atom is -0.481 e. The van der Waals surface area contributed by atoms with Crippen molar-refractivity contribution in [2.45, 2.75) is 44.9 Å². The maximum atomic E-state index is 11.9. The maximum absolute atomic E-state index is 11.9. The number of carbonyl (C=O) groups is 2. The fourth-order valence-corrected chi connectivity index (χ4v) is 2.34. The van der Waals surface area contributed by atoms with E-state index >= 15 is 0 Å². The first-order chi connectivity index (χ1) is 8.65. The summed E-state index contributed by atoms with van der Waals surface area (Å²) < 4.78 is 0. The molecule has 0 bridgehead atoms. The van der Waals surface area contributed by atoms with Crippen molar-refractivity contribution in [2.24, 2.45) is 11.7 Å². The molecule has 5 nitrogen and oxygen atoms in total. The summed E-state index contributed by atoms with van der Waals surface area (Å²) in [6.07, 6.45) is 6.02. The lowest BCUT2D eigenvalue weighted by Gasteiger charge is -2.30. The first-order valence-electron chi connectivity index (χ1n) is 6.85. The van der Waals surface area contributed by atoms with E-state index in [1.54, 1.807) is 4.90 Å². The molecule has 1 rings (SSSR count). The Labute approximate surface area is 108 Å². The molecule has 3 N–H and O–H groups in total. The molecule has 1 saturated heterocycles. The number of amides is 1. The van der Waals surface area contributed by atoms with Gasteiger partial charge < -0.3 is 15.7 Å². The molecule has 1 unspecified atom stereocenters. The third kappa shape index (κ3) is 5.04. The first-order valence-corrected chi connectivity index (χ1v) is 6.85. The summed E-state index contributed by atoms with van der Waals surface area (Å²) in [5.74, 6) is -1.05. The number of likely N-dealkylation sites (tertiary alicyclic amines) is 1. The minimum absolute atomic E-state index is 0.105. The van der Waals surface area contributed by atoms with E-state index in [9.17, 15) is 9.59 Å². The monoisotopic (exact) mass is 256 g/mol. The van der Waals surface area contributed by atoms with E-state index in [1.807, 2.05) is 0 Å². The van der Waals surface area contributed by atoms with Gasteiger partial charge in [-0.15, -0.1) is 0 Å². The van der Waals surface area contributed by atoms with E-state index in [0.717, 1.165) is 32.1 Å². The van der Waals surface area contributed by atoms with Crippen LogP contribution in [0.15, 0.2) is 0 Å². The summed E-state index contributed by atoms with van der Waals surface area (Å²) in [6, 6.07) is 0. The van der Waals surface area contributed by atoms with Crippen LogP contribution >= 0.6 is 0 Å². The second kappa shape index (κ2) is 8.08. The lowest BCUT2D eigenvalue weighted by atomic mass is 9.98. The van der Waals surface area contributed by atoms with Crippen LogP contribution in [0.2, 0.25) is 0 Å². The van der Waals surface area contributed by atoms with Crippen LogP contribution in [-0.2, 0) is 9.59 Å². The van der Waals surface area contributed by atoms with E-state index in [1.165, 1.54) is 0 Å². The lowest BCUT2D eigenvalue weighted by Crippen LogP contribution is -2.42. The molecule has 104 valence electrons. The van der Waals surface area contributed by atoms with Crippen molar-refractivity contribution in [2.75, 3.05) is 19.6 Å². The highest BCUT2D eigenvalue weighted by molar-refractivity contribution is 5.78. The van der Waals surface area contributed by atoms with Crippen LogP contribution in [0.25, 0.3) is 0 Å². The van der Waals surface area contributed by atoms with Gasteiger partial charge in [-0.1, -0.05) is 12.8 Å². The van der Waals surface area contributed by atoms with Crippen LogP contribution in [-0.4, -0.2) is 41.5 Å². The van der Waals surface area contributed by atoms with Crippen LogP contribution in [0.3, 0.4) is 0 Å². The van der Waals surface area contributed by atoms with Crippen LogP contribution in [0, 0.1) is 5.92 Å². The fourth-order valence-electron chi connectivity index (χ4n) is 2.34. The SMILES string of the molecule is NCCCCCCC(=O)N1CCCC(C(=O)O)C1. The molecule has 0 aliphatic carbocycles. The fraction of sp³-hybridized carbons (Fsp3) is 0.846. The second-order valence-electron chi connectivity index (χ2n) is 4.97. The Morgan fingerprint density at radius 1 is 1.22 bits per heavy atom. The molecule has 1 heterocycles. The molecule has 0 saturated carbocycles. The van der Waals surface area contributed by atoms with E-state index in [-0.39, 0.29) is 11.8 Å². The predicted molar refractivity (Wildman–Crippen MR) is 69.1 cm³/mol. The normalized spacial score (nSPS) is 19.8. The highest BCUT2D eigenvalue weighted by Crippen LogP contribution is 2.18. The quantitative estimate of drug-likeness (QED) is 0.671. The number of piperidine rings is 1. The van der Waals surface area contributed by atoms with Crippen molar-refractivity contribution in [1.29, 1.82) is 0 Å². The maximum Gasteiger partial charge on any atom is 0.308 e. The molecule has 0 radical (unpaired) electrons. The molecule has 5 heteroatoms. The van der Waals surface area contributed by atoms with Crippen molar-refractivity contribution < 1.29 is 14.7 Å². The number of nitrogens with zero attached hydrogens (tertiary/aromatic N) is 1. The zero-order valence-corrected chi connectivity index (χ0v) is 10.9. The number of hydrogen-bond acceptors (Lipinski definition) is 3. The van der Waals surface area contributed by atoms with Gasteiger partial charge in [0, 0.05) is 19.5 Å². The Morgan fingerprint density at radius 2 is 1.94 bits per heavy atom. The van der Waals surface area contributed by atoms with Gasteiger partial charge in [-0.2, -0.15) is 0 Å². The van der Waals surface area contributed by atoms with Crippen LogP contribution < -0.4 is 5.73 Å². The summed E-state index contributed by atoms with van der Waals surface area (Å²) >= 11 is 0. The van der Waals surface area contributed by atoms with E-state index in [2.05, 4.69) is 0 Å². The summed E-state index contributed by atoms with van der Waals surface area (Å²) in [5, 5.41) is 8.96. The number of carboxylic acids is 1. The zero-order valence-electron chi connectivity index (χ0n) is 10.9.